The lowest BCUT2D eigenvalue weighted by atomic mass is 9.94. The Balaban J connectivity index is 1.56. The molecular formula is C23H33N3O4S. The molecule has 1 aromatic carbocycles. The van der Waals surface area contributed by atoms with Gasteiger partial charge in [0.15, 0.2) is 0 Å². The molecular weight excluding hydrogens is 414 g/mol. The number of nitrogens with one attached hydrogen (secondary N) is 2. The maximum atomic E-state index is 12.6. The molecule has 8 heteroatoms. The number of likely N-dealkylation sites (tertiary alicyclic amines) is 1. The van der Waals surface area contributed by atoms with E-state index in [1.54, 1.807) is 24.3 Å². The van der Waals surface area contributed by atoms with Crippen molar-refractivity contribution in [1.29, 1.82) is 0 Å². The molecule has 0 bridgehead atoms. The minimum atomic E-state index is -3.68. The van der Waals surface area contributed by atoms with Gasteiger partial charge in [0.05, 0.1) is 17.7 Å². The number of benzene rings is 1. The topological polar surface area (TPSA) is 91.7 Å². The van der Waals surface area contributed by atoms with Crippen molar-refractivity contribution in [1.82, 2.24) is 14.9 Å². The second-order valence-corrected chi connectivity index (χ2v) is 10.4. The maximum Gasteiger partial charge on any atom is 0.251 e. The molecule has 0 aliphatic carbocycles. The first-order chi connectivity index (χ1) is 14.8. The number of nitrogens with zero attached hydrogens (tertiary/aromatic N) is 1. The number of sulfonamides is 1. The number of hydrogen-bond acceptors (Lipinski definition) is 5. The summed E-state index contributed by atoms with van der Waals surface area (Å²) in [6.45, 7) is 9.45. The van der Waals surface area contributed by atoms with E-state index in [1.165, 1.54) is 31.2 Å². The third-order valence-corrected chi connectivity index (χ3v) is 7.39. The Morgan fingerprint density at radius 2 is 1.84 bits per heavy atom. The molecule has 1 aliphatic rings. The summed E-state index contributed by atoms with van der Waals surface area (Å²) in [5.41, 5.74) is 0.444. The van der Waals surface area contributed by atoms with Crippen LogP contribution in [0.2, 0.25) is 0 Å². The normalized spacial score (nSPS) is 17.0. The predicted octanol–water partition coefficient (Wildman–Crippen LogP) is 3.24. The van der Waals surface area contributed by atoms with E-state index in [1.807, 2.05) is 0 Å². The first-order valence-corrected chi connectivity index (χ1v) is 12.4. The summed E-state index contributed by atoms with van der Waals surface area (Å²) >= 11 is 0. The van der Waals surface area contributed by atoms with Crippen LogP contribution >= 0.6 is 0 Å². The molecule has 31 heavy (non-hydrogen) atoms. The summed E-state index contributed by atoms with van der Waals surface area (Å²) in [5, 5.41) is 3.03. The van der Waals surface area contributed by atoms with E-state index in [4.69, 9.17) is 4.42 Å². The highest BCUT2D eigenvalue weighted by Gasteiger charge is 2.26. The number of rotatable bonds is 9. The minimum Gasteiger partial charge on any atom is -0.468 e. The SMILES string of the molecule is CC1CCN(C(CNC(=O)c2ccc(S(=O)(=O)NCc3ccco3)cc2)C(C)C)CC1. The molecule has 1 amide bonds. The fraction of sp³-hybridized carbons (Fsp3) is 0.522. The van der Waals surface area contributed by atoms with Gasteiger partial charge in [-0.3, -0.25) is 9.69 Å². The Bertz CT molecular complexity index is 932. The van der Waals surface area contributed by atoms with E-state index < -0.39 is 10.0 Å². The summed E-state index contributed by atoms with van der Waals surface area (Å²) in [7, 11) is -3.68. The van der Waals surface area contributed by atoms with Crippen LogP contribution in [0.25, 0.3) is 0 Å². The van der Waals surface area contributed by atoms with Gasteiger partial charge in [0.2, 0.25) is 10.0 Å². The van der Waals surface area contributed by atoms with E-state index in [9.17, 15) is 13.2 Å². The zero-order valence-corrected chi connectivity index (χ0v) is 19.3. The monoisotopic (exact) mass is 447 g/mol. The van der Waals surface area contributed by atoms with Crippen molar-refractivity contribution in [2.75, 3.05) is 19.6 Å². The lowest BCUT2D eigenvalue weighted by molar-refractivity contribution is 0.0863. The van der Waals surface area contributed by atoms with Crippen LogP contribution in [0, 0.1) is 11.8 Å². The molecule has 3 rings (SSSR count). The molecule has 2 N–H and O–H groups in total. The van der Waals surface area contributed by atoms with Crippen molar-refractivity contribution >= 4 is 15.9 Å². The quantitative estimate of drug-likeness (QED) is 0.616. The van der Waals surface area contributed by atoms with Gasteiger partial charge in [0.1, 0.15) is 5.76 Å². The van der Waals surface area contributed by atoms with E-state index >= 15 is 0 Å². The highest BCUT2D eigenvalue weighted by Crippen LogP contribution is 2.21. The van der Waals surface area contributed by atoms with Gasteiger partial charge in [-0.1, -0.05) is 20.8 Å². The Labute approximate surface area is 185 Å². The number of carbonyl (C=O) groups excluding carboxylic acids is 1. The summed E-state index contributed by atoms with van der Waals surface area (Å²) in [4.78, 5) is 15.2. The molecule has 7 nitrogen and oxygen atoms in total. The van der Waals surface area contributed by atoms with Gasteiger partial charge in [0, 0.05) is 18.2 Å². The molecule has 1 unspecified atom stereocenters. The number of furan rings is 1. The van der Waals surface area contributed by atoms with Gasteiger partial charge >= 0.3 is 0 Å². The Hall–Kier alpha value is -2.16. The Kier molecular flexibility index (Phi) is 7.91. The van der Waals surface area contributed by atoms with Crippen LogP contribution in [-0.2, 0) is 16.6 Å². The van der Waals surface area contributed by atoms with Gasteiger partial charge in [-0.25, -0.2) is 13.1 Å². The highest BCUT2D eigenvalue weighted by molar-refractivity contribution is 7.89. The number of carbonyl (C=O) groups is 1. The van der Waals surface area contributed by atoms with Crippen molar-refractivity contribution in [3.63, 3.8) is 0 Å². The molecule has 1 atom stereocenters. The van der Waals surface area contributed by atoms with Crippen LogP contribution in [0.15, 0.2) is 52.0 Å². The summed E-state index contributed by atoms with van der Waals surface area (Å²) in [6, 6.07) is 9.68. The lowest BCUT2D eigenvalue weighted by Crippen LogP contribution is -2.49. The van der Waals surface area contributed by atoms with Gasteiger partial charge < -0.3 is 9.73 Å². The van der Waals surface area contributed by atoms with Crippen LogP contribution < -0.4 is 10.0 Å². The smallest absolute Gasteiger partial charge is 0.251 e. The molecule has 1 fully saturated rings. The zero-order chi connectivity index (χ0) is 22.4. The Morgan fingerprint density at radius 1 is 1.16 bits per heavy atom. The van der Waals surface area contributed by atoms with Gasteiger partial charge in [0.25, 0.3) is 5.91 Å². The first-order valence-electron chi connectivity index (χ1n) is 10.9. The summed E-state index contributed by atoms with van der Waals surface area (Å²) in [6.07, 6.45) is 3.88. The third-order valence-electron chi connectivity index (χ3n) is 5.97. The Morgan fingerprint density at radius 3 is 2.42 bits per heavy atom. The van der Waals surface area contributed by atoms with E-state index in [2.05, 4.69) is 35.7 Å². The molecule has 1 aromatic heterocycles. The van der Waals surface area contributed by atoms with Gasteiger partial charge in [-0.15, -0.1) is 0 Å². The molecule has 2 heterocycles. The van der Waals surface area contributed by atoms with Gasteiger partial charge in [-0.05, 0) is 74.2 Å². The van der Waals surface area contributed by atoms with Crippen molar-refractivity contribution in [3.05, 3.63) is 54.0 Å². The standard InChI is InChI=1S/C23H33N3O4S/c1-17(2)22(26-12-10-18(3)11-13-26)16-24-23(27)19-6-8-21(9-7-19)31(28,29)25-15-20-5-4-14-30-20/h4-9,14,17-18,22,25H,10-13,15-16H2,1-3H3,(H,24,27). The molecule has 1 aliphatic heterocycles. The minimum absolute atomic E-state index is 0.0729. The van der Waals surface area contributed by atoms with Crippen LogP contribution in [-0.4, -0.2) is 44.9 Å². The zero-order valence-electron chi connectivity index (χ0n) is 18.5. The van der Waals surface area contributed by atoms with E-state index in [0.717, 1.165) is 19.0 Å². The maximum absolute atomic E-state index is 12.6. The largest absolute Gasteiger partial charge is 0.468 e. The van der Waals surface area contributed by atoms with Crippen molar-refractivity contribution < 1.29 is 17.6 Å². The van der Waals surface area contributed by atoms with Crippen molar-refractivity contribution in [3.8, 4) is 0 Å². The molecule has 2 aromatic rings. The third kappa shape index (κ3) is 6.41. The second kappa shape index (κ2) is 10.4. The fourth-order valence-electron chi connectivity index (χ4n) is 3.89. The molecule has 0 radical (unpaired) electrons. The van der Waals surface area contributed by atoms with E-state index in [0.29, 0.717) is 29.8 Å². The highest BCUT2D eigenvalue weighted by atomic mass is 32.2. The van der Waals surface area contributed by atoms with Crippen molar-refractivity contribution in [2.45, 2.75) is 51.1 Å². The summed E-state index contributed by atoms with van der Waals surface area (Å²) < 4.78 is 32.5. The molecule has 1 saturated heterocycles. The number of hydrogen-bond donors (Lipinski definition) is 2. The predicted molar refractivity (Wildman–Crippen MR) is 120 cm³/mol. The average molecular weight is 448 g/mol. The first kappa shape index (κ1) is 23.5. The lowest BCUT2D eigenvalue weighted by Gasteiger charge is -2.38. The van der Waals surface area contributed by atoms with Gasteiger partial charge in [-0.2, -0.15) is 0 Å². The average Bonchev–Trinajstić information content (AvgIpc) is 3.27. The molecule has 0 spiro atoms. The van der Waals surface area contributed by atoms with E-state index in [-0.39, 0.29) is 17.3 Å². The van der Waals surface area contributed by atoms with Crippen molar-refractivity contribution in [2.24, 2.45) is 11.8 Å². The number of piperidine rings is 1. The number of amides is 1. The van der Waals surface area contributed by atoms with Crippen LogP contribution in [0.4, 0.5) is 0 Å². The summed E-state index contributed by atoms with van der Waals surface area (Å²) in [5.74, 6) is 1.54. The van der Waals surface area contributed by atoms with Crippen LogP contribution in [0.3, 0.4) is 0 Å². The van der Waals surface area contributed by atoms with Crippen LogP contribution in [0.1, 0.15) is 49.7 Å². The molecule has 0 saturated carbocycles. The fourth-order valence-corrected chi connectivity index (χ4v) is 4.89. The molecule has 170 valence electrons. The van der Waals surface area contributed by atoms with Crippen LogP contribution in [0.5, 0.6) is 0 Å². The second-order valence-electron chi connectivity index (χ2n) is 8.67.